The number of hydrogen-bond donors (Lipinski definition) is 1. The first-order valence-electron chi connectivity index (χ1n) is 15.8. The Labute approximate surface area is 274 Å². The maximum Gasteiger partial charge on any atom is 0.330 e. The lowest BCUT2D eigenvalue weighted by Crippen LogP contribution is -2.53. The number of nitrogens with one attached hydrogen (secondary N) is 1. The summed E-state index contributed by atoms with van der Waals surface area (Å²) >= 11 is 0. The van der Waals surface area contributed by atoms with Crippen molar-refractivity contribution in [3.8, 4) is 5.75 Å². The van der Waals surface area contributed by atoms with Crippen LogP contribution in [-0.4, -0.2) is 72.3 Å². The van der Waals surface area contributed by atoms with E-state index in [1.165, 1.54) is 44.0 Å². The van der Waals surface area contributed by atoms with Crippen molar-refractivity contribution in [1.29, 1.82) is 0 Å². The van der Waals surface area contributed by atoms with E-state index in [4.69, 9.17) is 14.2 Å². The van der Waals surface area contributed by atoms with Gasteiger partial charge in [0.15, 0.2) is 6.61 Å². The van der Waals surface area contributed by atoms with Crippen LogP contribution in [0.5, 0.6) is 5.75 Å². The highest BCUT2D eigenvalue weighted by Crippen LogP contribution is 2.31. The van der Waals surface area contributed by atoms with Crippen molar-refractivity contribution in [2.45, 2.75) is 71.9 Å². The first-order chi connectivity index (χ1) is 22.3. The molecule has 1 aromatic heterocycles. The first-order valence-corrected chi connectivity index (χ1v) is 15.8. The van der Waals surface area contributed by atoms with E-state index in [-0.39, 0.29) is 44.3 Å². The van der Waals surface area contributed by atoms with Gasteiger partial charge in [-0.2, -0.15) is 0 Å². The summed E-state index contributed by atoms with van der Waals surface area (Å²) in [6, 6.07) is 8.19. The van der Waals surface area contributed by atoms with Gasteiger partial charge in [-0.05, 0) is 81.7 Å². The quantitative estimate of drug-likeness (QED) is 0.169. The minimum atomic E-state index is -1.35. The van der Waals surface area contributed by atoms with Gasteiger partial charge in [0.2, 0.25) is 5.78 Å². The van der Waals surface area contributed by atoms with E-state index in [2.05, 4.69) is 10.3 Å². The van der Waals surface area contributed by atoms with Crippen LogP contribution in [0.25, 0.3) is 0 Å². The summed E-state index contributed by atoms with van der Waals surface area (Å²) in [7, 11) is 1.45. The van der Waals surface area contributed by atoms with Crippen LogP contribution >= 0.6 is 0 Å². The maximum atomic E-state index is 14.8. The number of ketones is 1. The Bertz CT molecular complexity index is 1440. The van der Waals surface area contributed by atoms with Crippen LogP contribution in [0.3, 0.4) is 0 Å². The molecule has 1 aliphatic heterocycles. The number of amides is 2. The lowest BCUT2D eigenvalue weighted by Gasteiger charge is -2.36. The summed E-state index contributed by atoms with van der Waals surface area (Å²) < 4.78 is 31.4. The molecule has 1 N–H and O–H groups in total. The fourth-order valence-electron chi connectivity index (χ4n) is 4.89. The molecule has 0 saturated carbocycles. The van der Waals surface area contributed by atoms with E-state index >= 15 is 0 Å². The number of esters is 2. The Morgan fingerprint density at radius 2 is 1.89 bits per heavy atom. The molecule has 1 saturated heterocycles. The third-order valence-electron chi connectivity index (χ3n) is 7.60. The Morgan fingerprint density at radius 3 is 2.57 bits per heavy atom. The van der Waals surface area contributed by atoms with E-state index in [1.54, 1.807) is 18.3 Å². The molecule has 2 heterocycles. The minimum Gasteiger partial charge on any atom is -0.484 e. The Morgan fingerprint density at radius 1 is 1.13 bits per heavy atom. The predicted octanol–water partition coefficient (Wildman–Crippen LogP) is 4.29. The van der Waals surface area contributed by atoms with Gasteiger partial charge in [-0.1, -0.05) is 26.0 Å². The zero-order valence-electron chi connectivity index (χ0n) is 27.6. The molecular weight excluding hydrogens is 609 g/mol. The molecule has 2 aromatic rings. The van der Waals surface area contributed by atoms with Crippen molar-refractivity contribution in [2.75, 3.05) is 26.8 Å². The normalized spacial score (nSPS) is 15.6. The number of allylic oxidation sites excluding steroid dienone is 1. The second-order valence-corrected chi connectivity index (χ2v) is 12.4. The molecule has 2 atom stereocenters. The number of likely N-dealkylation sites (N-methyl/N-ethyl adjacent to an activating group) is 1. The average Bonchev–Trinajstić information content (AvgIpc) is 3.06. The van der Waals surface area contributed by atoms with Gasteiger partial charge in [0, 0.05) is 37.6 Å². The highest BCUT2D eigenvalue weighted by atomic mass is 19.1. The molecule has 1 aromatic carbocycles. The van der Waals surface area contributed by atoms with Crippen LogP contribution in [0, 0.1) is 17.2 Å². The number of carbonyl (C=O) groups excluding carboxylic acids is 5. The van der Waals surface area contributed by atoms with Gasteiger partial charge in [-0.15, -0.1) is 0 Å². The fraction of sp³-hybridized carbons (Fsp3) is 0.486. The zero-order valence-corrected chi connectivity index (χ0v) is 27.6. The lowest BCUT2D eigenvalue weighted by atomic mass is 9.87. The van der Waals surface area contributed by atoms with Crippen LogP contribution < -0.4 is 10.1 Å². The van der Waals surface area contributed by atoms with Crippen molar-refractivity contribution in [3.05, 3.63) is 71.8 Å². The number of carbonyl (C=O) groups is 5. The van der Waals surface area contributed by atoms with Crippen molar-refractivity contribution in [3.63, 3.8) is 0 Å². The number of Topliss-reactive ketones (excluding diaryl/α,β-unsaturated/α-hetero) is 1. The molecule has 254 valence electrons. The van der Waals surface area contributed by atoms with Crippen molar-refractivity contribution >= 4 is 29.5 Å². The Hall–Kier alpha value is -4.61. The number of rotatable bonds is 15. The molecule has 47 heavy (non-hydrogen) atoms. The number of benzene rings is 1. The lowest BCUT2D eigenvalue weighted by molar-refractivity contribution is -0.165. The van der Waals surface area contributed by atoms with Crippen LogP contribution in [-0.2, 0) is 39.9 Å². The van der Waals surface area contributed by atoms with Crippen LogP contribution in [0.15, 0.2) is 54.7 Å². The molecule has 3 rings (SSSR count). The number of piperidine rings is 1. The van der Waals surface area contributed by atoms with Crippen LogP contribution in [0.4, 0.5) is 4.39 Å². The van der Waals surface area contributed by atoms with E-state index < -0.39 is 52.9 Å². The van der Waals surface area contributed by atoms with Crippen LogP contribution in [0.1, 0.15) is 70.7 Å². The summed E-state index contributed by atoms with van der Waals surface area (Å²) in [4.78, 5) is 70.0. The Balaban J connectivity index is 1.80. The van der Waals surface area contributed by atoms with Crippen molar-refractivity contribution < 1.29 is 42.6 Å². The highest BCUT2D eigenvalue weighted by Gasteiger charge is 2.42. The van der Waals surface area contributed by atoms with Crippen molar-refractivity contribution in [1.82, 2.24) is 15.2 Å². The fourth-order valence-corrected chi connectivity index (χ4v) is 4.89. The molecular formula is C35H44FN3O8. The average molecular weight is 654 g/mol. The molecule has 1 fully saturated rings. The summed E-state index contributed by atoms with van der Waals surface area (Å²) in [5.74, 6) is -3.89. The number of nitrogens with zero attached hydrogens (tertiary/aromatic N) is 2. The number of ether oxygens (including phenoxy) is 3. The zero-order chi connectivity index (χ0) is 34.6. The first kappa shape index (κ1) is 36.9. The number of pyridine rings is 1. The van der Waals surface area contributed by atoms with Gasteiger partial charge < -0.3 is 24.4 Å². The SMILES string of the molecule is CNC(=O)COc1cc(F)cc([C@@H](CCc2ccccn2)OC(=O)[C@@H]2CCCCN2C(=O)C(=O)C(C)(C)COC(=O)/C=C\C(C)C)c1. The van der Waals surface area contributed by atoms with Crippen LogP contribution in [0.2, 0.25) is 0 Å². The minimum absolute atomic E-state index is 0.0742. The second kappa shape index (κ2) is 17.3. The standard InChI is InChI=1S/C35H44FN3O8/c1-23(2)12-15-31(41)46-22-35(3,4)32(42)33(43)39-17-9-7-11-28(39)34(44)47-29(14-13-26-10-6-8-16-38-26)24-18-25(36)20-27(19-24)45-21-30(40)37-5/h6,8,10,12,15-16,18-20,23,28-29H,7,9,11,13-14,17,21-22H2,1-5H3,(H,37,40)/b15-12-/t28-,29+/m0/s1. The third-order valence-corrected chi connectivity index (χ3v) is 7.60. The summed E-state index contributed by atoms with van der Waals surface area (Å²) in [5.41, 5.74) is -0.327. The van der Waals surface area contributed by atoms with E-state index in [0.29, 0.717) is 24.8 Å². The summed E-state index contributed by atoms with van der Waals surface area (Å²) in [5, 5.41) is 2.42. The maximum absolute atomic E-state index is 14.8. The molecule has 0 bridgehead atoms. The molecule has 12 heteroatoms. The van der Waals surface area contributed by atoms with Gasteiger partial charge in [0.05, 0.1) is 5.41 Å². The molecule has 11 nitrogen and oxygen atoms in total. The summed E-state index contributed by atoms with van der Waals surface area (Å²) in [6.07, 6.45) is 5.70. The number of likely N-dealkylation sites (tertiary alicyclic amines) is 1. The third kappa shape index (κ3) is 11.3. The molecule has 0 aliphatic carbocycles. The topological polar surface area (TPSA) is 141 Å². The highest BCUT2D eigenvalue weighted by molar-refractivity contribution is 6.38. The largest absolute Gasteiger partial charge is 0.484 e. The molecule has 2 amide bonds. The number of halogens is 1. The van der Waals surface area contributed by atoms with E-state index in [0.717, 1.165) is 11.8 Å². The predicted molar refractivity (Wildman–Crippen MR) is 170 cm³/mol. The van der Waals surface area contributed by atoms with E-state index in [9.17, 15) is 28.4 Å². The smallest absolute Gasteiger partial charge is 0.330 e. The van der Waals surface area contributed by atoms with Crippen molar-refractivity contribution in [2.24, 2.45) is 11.3 Å². The molecule has 1 aliphatic rings. The molecule has 0 radical (unpaired) electrons. The molecule has 0 spiro atoms. The number of aryl methyl sites for hydroxylation is 1. The van der Waals surface area contributed by atoms with Gasteiger partial charge in [-0.25, -0.2) is 14.0 Å². The van der Waals surface area contributed by atoms with E-state index in [1.807, 2.05) is 26.0 Å². The van der Waals surface area contributed by atoms with Gasteiger partial charge >= 0.3 is 11.9 Å². The second-order valence-electron chi connectivity index (χ2n) is 12.4. The van der Waals surface area contributed by atoms with Gasteiger partial charge in [-0.3, -0.25) is 19.4 Å². The number of hydrogen-bond acceptors (Lipinski definition) is 9. The Kier molecular flexibility index (Phi) is 13.6. The van der Waals surface area contributed by atoms with Gasteiger partial charge in [0.25, 0.3) is 11.8 Å². The van der Waals surface area contributed by atoms with Gasteiger partial charge in [0.1, 0.15) is 30.3 Å². The number of aromatic nitrogens is 1. The monoisotopic (exact) mass is 653 g/mol. The molecule has 0 unspecified atom stereocenters. The summed E-state index contributed by atoms with van der Waals surface area (Å²) in [6.45, 7) is 6.32.